The van der Waals surface area contributed by atoms with E-state index < -0.39 is 5.37 Å². The number of hydrogen-bond acceptors (Lipinski definition) is 5. The number of carbonyl (C=O) groups excluding carboxylic acids is 2. The van der Waals surface area contributed by atoms with Gasteiger partial charge in [-0.25, -0.2) is 0 Å². The maximum absolute atomic E-state index is 12.3. The van der Waals surface area contributed by atoms with E-state index in [0.717, 1.165) is 0 Å². The van der Waals surface area contributed by atoms with Crippen molar-refractivity contribution in [2.45, 2.75) is 18.7 Å². The number of carbonyl (C=O) groups is 2. The lowest BCUT2D eigenvalue weighted by atomic mass is 10.1. The summed E-state index contributed by atoms with van der Waals surface area (Å²) >= 11 is 7.31. The SMILES string of the molecule is COc1ccc(O)c(C2SC3=C(C(=O)CC(Cl)=C3)N2C(C)=O)c1. The van der Waals surface area contributed by atoms with Gasteiger partial charge in [-0.3, -0.25) is 14.5 Å². The lowest BCUT2D eigenvalue weighted by Gasteiger charge is -2.26. The van der Waals surface area contributed by atoms with Crippen LogP contribution in [0.25, 0.3) is 0 Å². The highest BCUT2D eigenvalue weighted by Gasteiger charge is 2.41. The van der Waals surface area contributed by atoms with Crippen LogP contribution in [0.5, 0.6) is 11.5 Å². The van der Waals surface area contributed by atoms with Crippen molar-refractivity contribution >= 4 is 35.1 Å². The second-order valence-corrected chi connectivity index (χ2v) is 6.80. The fourth-order valence-corrected chi connectivity index (χ4v) is 4.40. The Morgan fingerprint density at radius 2 is 2.22 bits per heavy atom. The number of halogens is 1. The molecule has 0 spiro atoms. The summed E-state index contributed by atoms with van der Waals surface area (Å²) in [7, 11) is 1.52. The molecule has 0 bridgehead atoms. The van der Waals surface area contributed by atoms with Crippen molar-refractivity contribution in [1.29, 1.82) is 0 Å². The Labute approximate surface area is 142 Å². The van der Waals surface area contributed by atoms with E-state index in [1.807, 2.05) is 0 Å². The third-order valence-electron chi connectivity index (χ3n) is 3.67. The highest BCUT2D eigenvalue weighted by Crippen LogP contribution is 2.53. The van der Waals surface area contributed by atoms with Gasteiger partial charge in [-0.15, -0.1) is 0 Å². The number of rotatable bonds is 2. The summed E-state index contributed by atoms with van der Waals surface area (Å²) in [6, 6.07) is 4.80. The van der Waals surface area contributed by atoms with Crippen LogP contribution in [0.1, 0.15) is 24.3 Å². The predicted octanol–water partition coefficient (Wildman–Crippen LogP) is 3.30. The second-order valence-electron chi connectivity index (χ2n) is 5.19. The van der Waals surface area contributed by atoms with Crippen molar-refractivity contribution in [2.24, 2.45) is 0 Å². The van der Waals surface area contributed by atoms with Crippen LogP contribution in [0.4, 0.5) is 0 Å². The van der Waals surface area contributed by atoms with Crippen LogP contribution in [0.3, 0.4) is 0 Å². The van der Waals surface area contributed by atoms with Gasteiger partial charge in [-0.05, 0) is 24.3 Å². The number of thioether (sulfide) groups is 1. The average molecular weight is 352 g/mol. The topological polar surface area (TPSA) is 66.8 Å². The first-order chi connectivity index (χ1) is 10.9. The van der Waals surface area contributed by atoms with E-state index >= 15 is 0 Å². The Kier molecular flexibility index (Phi) is 4.12. The summed E-state index contributed by atoms with van der Waals surface area (Å²) in [5, 5.41) is 10.1. The minimum Gasteiger partial charge on any atom is -0.508 e. The number of phenols is 1. The van der Waals surface area contributed by atoms with Crippen molar-refractivity contribution in [3.63, 3.8) is 0 Å². The van der Waals surface area contributed by atoms with E-state index in [4.69, 9.17) is 16.3 Å². The quantitative estimate of drug-likeness (QED) is 0.885. The zero-order valence-electron chi connectivity index (χ0n) is 12.5. The van der Waals surface area contributed by atoms with Crippen molar-refractivity contribution in [2.75, 3.05) is 7.11 Å². The molecule has 0 saturated heterocycles. The number of hydrogen-bond donors (Lipinski definition) is 1. The summed E-state index contributed by atoms with van der Waals surface area (Å²) in [5.74, 6) is 0.137. The molecule has 0 radical (unpaired) electrons. The summed E-state index contributed by atoms with van der Waals surface area (Å²) in [6.07, 6.45) is 1.79. The maximum Gasteiger partial charge on any atom is 0.225 e. The highest BCUT2D eigenvalue weighted by molar-refractivity contribution is 8.03. The number of methoxy groups -OCH3 is 1. The second kappa shape index (κ2) is 5.94. The lowest BCUT2D eigenvalue weighted by Crippen LogP contribution is -2.31. The molecule has 1 aromatic carbocycles. The predicted molar refractivity (Wildman–Crippen MR) is 88.1 cm³/mol. The molecule has 120 valence electrons. The highest BCUT2D eigenvalue weighted by atomic mass is 35.5. The molecule has 0 fully saturated rings. The summed E-state index contributed by atoms with van der Waals surface area (Å²) < 4.78 is 5.18. The van der Waals surface area contributed by atoms with Gasteiger partial charge in [0.05, 0.1) is 7.11 Å². The molecule has 1 aliphatic carbocycles. The Bertz CT molecular complexity index is 771. The van der Waals surface area contributed by atoms with E-state index in [1.165, 1.54) is 36.8 Å². The van der Waals surface area contributed by atoms with Crippen molar-refractivity contribution < 1.29 is 19.4 Å². The molecule has 1 aromatic rings. The molecule has 7 heteroatoms. The molecule has 1 N–H and O–H groups in total. The lowest BCUT2D eigenvalue weighted by molar-refractivity contribution is -0.130. The normalized spacial score (nSPS) is 20.5. The number of amides is 1. The van der Waals surface area contributed by atoms with Crippen LogP contribution in [0.15, 0.2) is 39.9 Å². The van der Waals surface area contributed by atoms with E-state index in [9.17, 15) is 14.7 Å². The first-order valence-corrected chi connectivity index (χ1v) is 8.15. The molecule has 1 atom stereocenters. The monoisotopic (exact) mass is 351 g/mol. The fourth-order valence-electron chi connectivity index (χ4n) is 2.65. The molecule has 23 heavy (non-hydrogen) atoms. The third-order valence-corrected chi connectivity index (χ3v) is 5.16. The van der Waals surface area contributed by atoms with Crippen molar-refractivity contribution in [3.05, 3.63) is 45.5 Å². The first kappa shape index (κ1) is 16.0. The van der Waals surface area contributed by atoms with Gasteiger partial charge in [-0.1, -0.05) is 23.4 Å². The summed E-state index contributed by atoms with van der Waals surface area (Å²) in [6.45, 7) is 1.40. The summed E-state index contributed by atoms with van der Waals surface area (Å²) in [4.78, 5) is 26.5. The van der Waals surface area contributed by atoms with E-state index in [1.54, 1.807) is 18.2 Å². The standard InChI is InChI=1S/C16H14ClNO4S/c1-8(19)18-15-13(21)5-9(17)6-14(15)23-16(18)11-7-10(22-2)3-4-12(11)20/h3-4,6-7,16,20H,5H2,1-2H3. The molecule has 0 aromatic heterocycles. The number of ketones is 1. The molecule has 2 aliphatic rings. The Balaban J connectivity index is 2.09. The largest absolute Gasteiger partial charge is 0.508 e. The van der Waals surface area contributed by atoms with Crippen LogP contribution in [-0.2, 0) is 9.59 Å². The first-order valence-electron chi connectivity index (χ1n) is 6.89. The van der Waals surface area contributed by atoms with Crippen LogP contribution in [-0.4, -0.2) is 28.8 Å². The fraction of sp³-hybridized carbons (Fsp3) is 0.250. The van der Waals surface area contributed by atoms with Gasteiger partial charge < -0.3 is 9.84 Å². The molecular weight excluding hydrogens is 338 g/mol. The van der Waals surface area contributed by atoms with Crippen molar-refractivity contribution in [3.8, 4) is 11.5 Å². The van der Waals surface area contributed by atoms with Gasteiger partial charge in [0.25, 0.3) is 0 Å². The van der Waals surface area contributed by atoms with Crippen LogP contribution >= 0.6 is 23.4 Å². The van der Waals surface area contributed by atoms with Crippen LogP contribution < -0.4 is 4.74 Å². The molecule has 3 rings (SSSR count). The summed E-state index contributed by atoms with van der Waals surface area (Å²) in [5.41, 5.74) is 0.857. The molecular formula is C16H14ClNO4S. The van der Waals surface area contributed by atoms with Crippen molar-refractivity contribution in [1.82, 2.24) is 4.90 Å². The molecule has 5 nitrogen and oxygen atoms in total. The van der Waals surface area contributed by atoms with E-state index in [0.29, 0.717) is 26.9 Å². The van der Waals surface area contributed by atoms with Gasteiger partial charge >= 0.3 is 0 Å². The molecule has 0 saturated carbocycles. The van der Waals surface area contributed by atoms with Crippen LogP contribution in [0.2, 0.25) is 0 Å². The van der Waals surface area contributed by atoms with Gasteiger partial charge in [0.2, 0.25) is 5.91 Å². The van der Waals surface area contributed by atoms with Gasteiger partial charge in [0, 0.05) is 28.8 Å². The molecule has 1 heterocycles. The van der Waals surface area contributed by atoms with Gasteiger partial charge in [-0.2, -0.15) is 0 Å². The third kappa shape index (κ3) is 2.72. The molecule has 1 unspecified atom stereocenters. The number of allylic oxidation sites excluding steroid dienone is 3. The molecule has 1 amide bonds. The van der Waals surface area contributed by atoms with E-state index in [-0.39, 0.29) is 23.9 Å². The van der Waals surface area contributed by atoms with Gasteiger partial charge in [0.1, 0.15) is 22.6 Å². The average Bonchev–Trinajstić information content (AvgIpc) is 2.87. The minimum atomic E-state index is -0.532. The molecule has 1 aliphatic heterocycles. The maximum atomic E-state index is 12.3. The van der Waals surface area contributed by atoms with Gasteiger partial charge in [0.15, 0.2) is 5.78 Å². The Hall–Kier alpha value is -1.92. The number of phenolic OH excluding ortho intramolecular Hbond substituents is 1. The number of aromatic hydroxyl groups is 1. The number of nitrogens with zero attached hydrogens (tertiary/aromatic N) is 1. The Morgan fingerprint density at radius 1 is 1.48 bits per heavy atom. The smallest absolute Gasteiger partial charge is 0.225 e. The Morgan fingerprint density at radius 3 is 2.87 bits per heavy atom. The van der Waals surface area contributed by atoms with E-state index in [2.05, 4.69) is 0 Å². The number of ether oxygens (including phenoxy) is 1. The number of Topliss-reactive ketones (excluding diaryl/α,β-unsaturated/α-hetero) is 1. The zero-order chi connectivity index (χ0) is 16.7. The number of benzene rings is 1. The minimum absolute atomic E-state index is 0.0388. The van der Waals surface area contributed by atoms with Crippen LogP contribution in [0, 0.1) is 0 Å². The zero-order valence-corrected chi connectivity index (χ0v) is 14.1.